The van der Waals surface area contributed by atoms with Crippen molar-refractivity contribution < 1.29 is 24.2 Å². The van der Waals surface area contributed by atoms with Crippen molar-refractivity contribution in [3.63, 3.8) is 0 Å². The summed E-state index contributed by atoms with van der Waals surface area (Å²) in [5.41, 5.74) is 2.33. The molecule has 0 aliphatic carbocycles. The van der Waals surface area contributed by atoms with Crippen LogP contribution in [0, 0.1) is 0 Å². The second-order valence-corrected chi connectivity index (χ2v) is 8.90. The fraction of sp³-hybridized carbons (Fsp3) is 0.429. The zero-order chi connectivity index (χ0) is 25.4. The van der Waals surface area contributed by atoms with E-state index < -0.39 is 17.7 Å². The van der Waals surface area contributed by atoms with Crippen molar-refractivity contribution in [1.29, 1.82) is 0 Å². The lowest BCUT2D eigenvalue weighted by molar-refractivity contribution is -0.140. The molecule has 2 aromatic carbocycles. The lowest BCUT2D eigenvalue weighted by Gasteiger charge is -2.26. The highest BCUT2D eigenvalue weighted by molar-refractivity contribution is 6.46. The van der Waals surface area contributed by atoms with Crippen LogP contribution < -0.4 is 9.64 Å². The third-order valence-electron chi connectivity index (χ3n) is 6.16. The quantitative estimate of drug-likeness (QED) is 0.204. The van der Waals surface area contributed by atoms with Crippen molar-refractivity contribution >= 4 is 23.1 Å². The van der Waals surface area contributed by atoms with E-state index in [0.717, 1.165) is 30.5 Å². The summed E-state index contributed by atoms with van der Waals surface area (Å²) in [6.07, 6.45) is 3.80. The van der Waals surface area contributed by atoms with Crippen LogP contribution in [0.4, 0.5) is 5.69 Å². The molecule has 3 rings (SSSR count). The summed E-state index contributed by atoms with van der Waals surface area (Å²) in [5.74, 6) is -0.771. The van der Waals surface area contributed by atoms with Crippen molar-refractivity contribution in [3.8, 4) is 5.75 Å². The number of ether oxygens (including phenoxy) is 2. The number of rotatable bonds is 12. The highest BCUT2D eigenvalue weighted by atomic mass is 16.5. The molecule has 0 aromatic heterocycles. The first kappa shape index (κ1) is 26.3. The molecule has 7 nitrogen and oxygen atoms in total. The van der Waals surface area contributed by atoms with Gasteiger partial charge in [0.15, 0.2) is 0 Å². The van der Waals surface area contributed by atoms with Gasteiger partial charge in [0, 0.05) is 45.6 Å². The molecule has 0 spiro atoms. The predicted octanol–water partition coefficient (Wildman–Crippen LogP) is 4.78. The van der Waals surface area contributed by atoms with Crippen molar-refractivity contribution in [2.24, 2.45) is 0 Å². The van der Waals surface area contributed by atoms with Gasteiger partial charge >= 0.3 is 0 Å². The first-order valence-electron chi connectivity index (χ1n) is 12.2. The minimum atomic E-state index is -0.679. The number of nitrogens with zero attached hydrogens (tertiary/aromatic N) is 2. The molecule has 188 valence electrons. The van der Waals surface area contributed by atoms with E-state index in [9.17, 15) is 14.7 Å². The maximum absolute atomic E-state index is 13.1. The third-order valence-corrected chi connectivity index (χ3v) is 6.16. The van der Waals surface area contributed by atoms with E-state index in [0.29, 0.717) is 37.5 Å². The second-order valence-electron chi connectivity index (χ2n) is 8.90. The molecule has 1 fully saturated rings. The zero-order valence-electron chi connectivity index (χ0n) is 21.1. The first-order chi connectivity index (χ1) is 16.9. The van der Waals surface area contributed by atoms with E-state index in [4.69, 9.17) is 9.47 Å². The number of carbonyl (C=O) groups excluding carboxylic acids is 2. The van der Waals surface area contributed by atoms with Gasteiger partial charge in [0.25, 0.3) is 11.7 Å². The molecule has 0 saturated carbocycles. The Morgan fingerprint density at radius 3 is 2.26 bits per heavy atom. The summed E-state index contributed by atoms with van der Waals surface area (Å²) in [6, 6.07) is 14.0. The Kier molecular flexibility index (Phi) is 9.32. The van der Waals surface area contributed by atoms with E-state index in [1.54, 1.807) is 31.4 Å². The molecule has 2 aromatic rings. The van der Waals surface area contributed by atoms with Crippen LogP contribution in [0.15, 0.2) is 54.1 Å². The molecule has 1 unspecified atom stereocenters. The average Bonchev–Trinajstić information content (AvgIpc) is 3.12. The molecule has 1 N–H and O–H groups in total. The molecule has 35 heavy (non-hydrogen) atoms. The molecular weight excluding hydrogens is 444 g/mol. The van der Waals surface area contributed by atoms with Crippen LogP contribution in [-0.2, 0) is 14.3 Å². The van der Waals surface area contributed by atoms with E-state index in [-0.39, 0.29) is 11.3 Å². The van der Waals surface area contributed by atoms with Crippen LogP contribution in [0.1, 0.15) is 49.8 Å². The van der Waals surface area contributed by atoms with Gasteiger partial charge in [-0.25, -0.2) is 0 Å². The van der Waals surface area contributed by atoms with Crippen molar-refractivity contribution in [3.05, 3.63) is 65.2 Å². The Bertz CT molecular complexity index is 1030. The number of benzene rings is 2. The number of methoxy groups -OCH3 is 1. The Morgan fingerprint density at radius 1 is 0.971 bits per heavy atom. The smallest absolute Gasteiger partial charge is 0.295 e. The molecule has 1 atom stereocenters. The highest BCUT2D eigenvalue weighted by Gasteiger charge is 2.45. The van der Waals surface area contributed by atoms with Crippen molar-refractivity contribution in [1.82, 2.24) is 4.90 Å². The number of Topliss-reactive ketones (excluding diaryl/α,β-unsaturated/α-hetero) is 1. The van der Waals surface area contributed by atoms with Crippen LogP contribution in [-0.4, -0.2) is 62.7 Å². The van der Waals surface area contributed by atoms with E-state index in [1.807, 2.05) is 43.3 Å². The minimum absolute atomic E-state index is 0.0987. The molecule has 7 heteroatoms. The minimum Gasteiger partial charge on any atom is -0.507 e. The van der Waals surface area contributed by atoms with Gasteiger partial charge in [0.1, 0.15) is 11.5 Å². The van der Waals surface area contributed by atoms with Crippen LogP contribution >= 0.6 is 0 Å². The fourth-order valence-corrected chi connectivity index (χ4v) is 4.20. The molecule has 1 amide bonds. The summed E-state index contributed by atoms with van der Waals surface area (Å²) >= 11 is 0. The number of likely N-dealkylation sites (tertiary alicyclic amines) is 1. The van der Waals surface area contributed by atoms with Gasteiger partial charge in [0.2, 0.25) is 0 Å². The Labute approximate surface area is 207 Å². The predicted molar refractivity (Wildman–Crippen MR) is 138 cm³/mol. The van der Waals surface area contributed by atoms with Gasteiger partial charge < -0.3 is 24.4 Å². The molecular formula is C28H36N2O5. The molecule has 0 radical (unpaired) electrons. The van der Waals surface area contributed by atoms with Crippen molar-refractivity contribution in [2.45, 2.75) is 38.6 Å². The number of hydrogen-bond acceptors (Lipinski definition) is 6. The average molecular weight is 481 g/mol. The van der Waals surface area contributed by atoms with Gasteiger partial charge in [-0.15, -0.1) is 0 Å². The topological polar surface area (TPSA) is 79.3 Å². The molecule has 1 saturated heterocycles. The standard InChI is InChI=1S/C28H36N2O5/c1-5-6-7-19-35-23-15-11-21(12-16-23)26(31)24-25(20-9-13-22(14-10-20)29(2)3)30(17-8-18-34-4)28(33)27(24)32/h9-16,25,31H,5-8,17-19H2,1-4H3/b26-24-. The largest absolute Gasteiger partial charge is 0.507 e. The molecule has 1 aliphatic rings. The number of unbranched alkanes of at least 4 members (excludes halogenated alkanes) is 2. The lowest BCUT2D eigenvalue weighted by Crippen LogP contribution is -2.31. The summed E-state index contributed by atoms with van der Waals surface area (Å²) in [7, 11) is 5.49. The Morgan fingerprint density at radius 2 is 1.66 bits per heavy atom. The molecule has 0 bridgehead atoms. The summed E-state index contributed by atoms with van der Waals surface area (Å²) < 4.78 is 10.9. The number of aliphatic hydroxyl groups is 1. The van der Waals surface area contributed by atoms with Gasteiger partial charge in [-0.3, -0.25) is 9.59 Å². The fourth-order valence-electron chi connectivity index (χ4n) is 4.20. The number of hydrogen-bond donors (Lipinski definition) is 1. The van der Waals surface area contributed by atoms with Crippen molar-refractivity contribution in [2.75, 3.05) is 45.9 Å². The number of aliphatic hydroxyl groups excluding tert-OH is 1. The lowest BCUT2D eigenvalue weighted by atomic mass is 9.95. The summed E-state index contributed by atoms with van der Waals surface area (Å²) in [4.78, 5) is 29.6. The maximum Gasteiger partial charge on any atom is 0.295 e. The van der Waals surface area contributed by atoms with Crippen LogP contribution in [0.5, 0.6) is 5.75 Å². The van der Waals surface area contributed by atoms with E-state index in [1.165, 1.54) is 4.90 Å². The number of anilines is 1. The van der Waals surface area contributed by atoms with Gasteiger partial charge in [0.05, 0.1) is 18.2 Å². The molecule has 1 heterocycles. The van der Waals surface area contributed by atoms with Crippen LogP contribution in [0.25, 0.3) is 5.76 Å². The van der Waals surface area contributed by atoms with Crippen LogP contribution in [0.2, 0.25) is 0 Å². The SMILES string of the molecule is CCCCCOc1ccc(/C(O)=C2/C(=O)C(=O)N(CCCOC)C2c2ccc(N(C)C)cc2)cc1. The Hall–Kier alpha value is -3.32. The maximum atomic E-state index is 13.1. The van der Waals surface area contributed by atoms with Gasteiger partial charge in [-0.1, -0.05) is 31.9 Å². The normalized spacial score (nSPS) is 17.1. The number of amides is 1. The first-order valence-corrected chi connectivity index (χ1v) is 12.2. The highest BCUT2D eigenvalue weighted by Crippen LogP contribution is 2.40. The summed E-state index contributed by atoms with van der Waals surface area (Å²) in [6.45, 7) is 3.59. The van der Waals surface area contributed by atoms with E-state index in [2.05, 4.69) is 6.92 Å². The monoisotopic (exact) mass is 480 g/mol. The number of carbonyl (C=O) groups is 2. The Balaban J connectivity index is 1.95. The zero-order valence-corrected chi connectivity index (χ0v) is 21.1. The molecule has 1 aliphatic heterocycles. The second kappa shape index (κ2) is 12.4. The van der Waals surface area contributed by atoms with Gasteiger partial charge in [-0.2, -0.15) is 0 Å². The van der Waals surface area contributed by atoms with Crippen LogP contribution in [0.3, 0.4) is 0 Å². The van der Waals surface area contributed by atoms with Gasteiger partial charge in [-0.05, 0) is 54.8 Å². The summed E-state index contributed by atoms with van der Waals surface area (Å²) in [5, 5.41) is 11.2. The number of ketones is 1. The third kappa shape index (κ3) is 6.22. The van der Waals surface area contributed by atoms with E-state index >= 15 is 0 Å².